The van der Waals surface area contributed by atoms with Gasteiger partial charge in [-0.25, -0.2) is 4.79 Å². The smallest absolute Gasteiger partial charge is 0.410 e. The lowest BCUT2D eigenvalue weighted by molar-refractivity contribution is -0.154. The van der Waals surface area contributed by atoms with E-state index in [4.69, 9.17) is 9.84 Å². The lowest BCUT2D eigenvalue weighted by Crippen LogP contribution is -2.54. The second-order valence-electron chi connectivity index (χ2n) is 6.08. The van der Waals surface area contributed by atoms with Crippen molar-refractivity contribution in [3.63, 3.8) is 0 Å². The van der Waals surface area contributed by atoms with Crippen LogP contribution in [0.25, 0.3) is 0 Å². The standard InChI is InChI=1S/C12H21NO5/c1-11(2,3)18-10(17)13-6-8(14)5-12(4,7-13)9(15)16/h8,14H,5-7H2,1-4H3,(H,15,16)/t8-,12?/m0/s1. The van der Waals surface area contributed by atoms with E-state index in [1.807, 2.05) is 0 Å². The summed E-state index contributed by atoms with van der Waals surface area (Å²) in [6.07, 6.45) is -1.29. The Morgan fingerprint density at radius 1 is 1.39 bits per heavy atom. The third kappa shape index (κ3) is 3.60. The molecule has 6 nitrogen and oxygen atoms in total. The average Bonchev–Trinajstić information content (AvgIpc) is 2.13. The first-order valence-electron chi connectivity index (χ1n) is 5.93. The molecule has 1 saturated heterocycles. The molecule has 1 aliphatic heterocycles. The number of carboxylic acids is 1. The normalized spacial score (nSPS) is 28.9. The first-order chi connectivity index (χ1) is 8.03. The fourth-order valence-corrected chi connectivity index (χ4v) is 2.01. The molecule has 1 fully saturated rings. The number of carbonyl (C=O) groups is 2. The highest BCUT2D eigenvalue weighted by Gasteiger charge is 2.43. The number of aliphatic hydroxyl groups is 1. The van der Waals surface area contributed by atoms with E-state index in [9.17, 15) is 14.7 Å². The van der Waals surface area contributed by atoms with E-state index in [1.165, 1.54) is 11.8 Å². The zero-order chi connectivity index (χ0) is 14.1. The molecule has 1 heterocycles. The van der Waals surface area contributed by atoms with Crippen molar-refractivity contribution in [2.45, 2.75) is 45.8 Å². The van der Waals surface area contributed by atoms with Crippen molar-refractivity contribution in [1.29, 1.82) is 0 Å². The highest BCUT2D eigenvalue weighted by atomic mass is 16.6. The predicted octanol–water partition coefficient (Wildman–Crippen LogP) is 1.08. The van der Waals surface area contributed by atoms with Crippen LogP contribution in [0.1, 0.15) is 34.1 Å². The van der Waals surface area contributed by atoms with Gasteiger partial charge in [0, 0.05) is 13.1 Å². The van der Waals surface area contributed by atoms with Crippen LogP contribution in [-0.2, 0) is 9.53 Å². The van der Waals surface area contributed by atoms with E-state index in [0.29, 0.717) is 0 Å². The Bertz CT molecular complexity index is 349. The quantitative estimate of drug-likeness (QED) is 0.735. The molecule has 1 amide bonds. The number of nitrogens with zero attached hydrogens (tertiary/aromatic N) is 1. The first kappa shape index (κ1) is 14.8. The Morgan fingerprint density at radius 2 is 1.94 bits per heavy atom. The summed E-state index contributed by atoms with van der Waals surface area (Å²) in [4.78, 5) is 24.3. The molecule has 0 aromatic rings. The third-order valence-electron chi connectivity index (χ3n) is 2.83. The monoisotopic (exact) mass is 259 g/mol. The van der Waals surface area contributed by atoms with Crippen LogP contribution in [0.5, 0.6) is 0 Å². The molecule has 0 spiro atoms. The molecule has 6 heteroatoms. The Labute approximate surface area is 107 Å². The Hall–Kier alpha value is -1.30. The number of amides is 1. The second kappa shape index (κ2) is 4.76. The van der Waals surface area contributed by atoms with Crippen molar-refractivity contribution in [1.82, 2.24) is 4.90 Å². The van der Waals surface area contributed by atoms with E-state index in [2.05, 4.69) is 0 Å². The molecule has 0 bridgehead atoms. The molecule has 1 rings (SSSR count). The average molecular weight is 259 g/mol. The highest BCUT2D eigenvalue weighted by Crippen LogP contribution is 2.30. The van der Waals surface area contributed by atoms with Gasteiger partial charge >= 0.3 is 12.1 Å². The molecule has 1 aliphatic rings. The molecule has 104 valence electrons. The maximum absolute atomic E-state index is 11.9. The molecule has 0 saturated carbocycles. The van der Waals surface area contributed by atoms with Crippen molar-refractivity contribution >= 4 is 12.1 Å². The van der Waals surface area contributed by atoms with Gasteiger partial charge in [-0.05, 0) is 34.1 Å². The van der Waals surface area contributed by atoms with E-state index in [-0.39, 0.29) is 19.5 Å². The zero-order valence-corrected chi connectivity index (χ0v) is 11.3. The molecule has 0 radical (unpaired) electrons. The minimum atomic E-state index is -1.13. The summed E-state index contributed by atoms with van der Waals surface area (Å²) >= 11 is 0. The number of likely N-dealkylation sites (tertiary alicyclic amines) is 1. The summed E-state index contributed by atoms with van der Waals surface area (Å²) in [6, 6.07) is 0. The lowest BCUT2D eigenvalue weighted by atomic mass is 9.81. The number of β-amino-alcohol motifs (C(OH)–C–C–N with tert-alkyl or cyclic N) is 1. The molecule has 0 aromatic carbocycles. The third-order valence-corrected chi connectivity index (χ3v) is 2.83. The Balaban J connectivity index is 2.78. The van der Waals surface area contributed by atoms with Gasteiger partial charge in [0.2, 0.25) is 0 Å². The summed E-state index contributed by atoms with van der Waals surface area (Å²) in [5, 5.41) is 18.9. The van der Waals surface area contributed by atoms with Crippen molar-refractivity contribution in [2.24, 2.45) is 5.41 Å². The second-order valence-corrected chi connectivity index (χ2v) is 6.08. The molecule has 0 aliphatic carbocycles. The minimum absolute atomic E-state index is 0.0499. The summed E-state index contributed by atoms with van der Waals surface area (Å²) in [7, 11) is 0. The van der Waals surface area contributed by atoms with E-state index in [0.717, 1.165) is 0 Å². The maximum Gasteiger partial charge on any atom is 0.410 e. The summed E-state index contributed by atoms with van der Waals surface area (Å²) in [5.41, 5.74) is -1.77. The fourth-order valence-electron chi connectivity index (χ4n) is 2.01. The number of hydrogen-bond acceptors (Lipinski definition) is 4. The number of rotatable bonds is 1. The number of hydrogen-bond donors (Lipinski definition) is 2. The van der Waals surface area contributed by atoms with Crippen molar-refractivity contribution in [3.8, 4) is 0 Å². The van der Waals surface area contributed by atoms with Gasteiger partial charge in [-0.1, -0.05) is 0 Å². The topological polar surface area (TPSA) is 87.1 Å². The van der Waals surface area contributed by atoms with Crippen LogP contribution in [0.2, 0.25) is 0 Å². The molecular formula is C12H21NO5. The number of piperidine rings is 1. The van der Waals surface area contributed by atoms with Crippen LogP contribution in [-0.4, -0.2) is 52.0 Å². The summed E-state index contributed by atoms with van der Waals surface area (Å²) in [6.45, 7) is 6.90. The maximum atomic E-state index is 11.9. The SMILES string of the molecule is CC(C)(C)OC(=O)N1C[C@@H](O)CC(C)(C(=O)O)C1. The van der Waals surface area contributed by atoms with Crippen LogP contribution >= 0.6 is 0 Å². The van der Waals surface area contributed by atoms with E-state index < -0.39 is 29.2 Å². The number of aliphatic hydroxyl groups excluding tert-OH is 1. The molecular weight excluding hydrogens is 238 g/mol. The van der Waals surface area contributed by atoms with Gasteiger partial charge in [0.15, 0.2) is 0 Å². The van der Waals surface area contributed by atoms with E-state index in [1.54, 1.807) is 20.8 Å². The van der Waals surface area contributed by atoms with Crippen LogP contribution in [0, 0.1) is 5.41 Å². The summed E-state index contributed by atoms with van der Waals surface area (Å²) in [5.74, 6) is -1.02. The van der Waals surface area contributed by atoms with Gasteiger partial charge in [0.1, 0.15) is 5.60 Å². The zero-order valence-electron chi connectivity index (χ0n) is 11.3. The highest BCUT2D eigenvalue weighted by molar-refractivity contribution is 5.76. The largest absolute Gasteiger partial charge is 0.481 e. The predicted molar refractivity (Wildman–Crippen MR) is 64.2 cm³/mol. The van der Waals surface area contributed by atoms with Gasteiger partial charge in [-0.3, -0.25) is 4.79 Å². The number of ether oxygens (including phenoxy) is 1. The molecule has 0 aromatic heterocycles. The van der Waals surface area contributed by atoms with E-state index >= 15 is 0 Å². The van der Waals surface area contributed by atoms with Crippen LogP contribution < -0.4 is 0 Å². The van der Waals surface area contributed by atoms with Crippen LogP contribution in [0.4, 0.5) is 4.79 Å². The lowest BCUT2D eigenvalue weighted by Gasteiger charge is -2.40. The van der Waals surface area contributed by atoms with Gasteiger partial charge in [-0.2, -0.15) is 0 Å². The van der Waals surface area contributed by atoms with Crippen LogP contribution in [0.15, 0.2) is 0 Å². The van der Waals surface area contributed by atoms with Crippen molar-refractivity contribution in [3.05, 3.63) is 0 Å². The summed E-state index contributed by atoms with van der Waals surface area (Å²) < 4.78 is 5.18. The number of aliphatic carboxylic acids is 1. The molecule has 2 N–H and O–H groups in total. The van der Waals surface area contributed by atoms with Gasteiger partial charge in [0.25, 0.3) is 0 Å². The fraction of sp³-hybridized carbons (Fsp3) is 0.833. The van der Waals surface area contributed by atoms with Crippen LogP contribution in [0.3, 0.4) is 0 Å². The Kier molecular flexibility index (Phi) is 3.90. The minimum Gasteiger partial charge on any atom is -0.481 e. The molecule has 2 atom stereocenters. The molecule has 18 heavy (non-hydrogen) atoms. The van der Waals surface area contributed by atoms with Gasteiger partial charge < -0.3 is 19.8 Å². The Morgan fingerprint density at radius 3 is 2.39 bits per heavy atom. The van der Waals surface area contributed by atoms with Gasteiger partial charge in [-0.15, -0.1) is 0 Å². The van der Waals surface area contributed by atoms with Crippen molar-refractivity contribution in [2.75, 3.05) is 13.1 Å². The number of carbonyl (C=O) groups excluding carboxylic acids is 1. The van der Waals surface area contributed by atoms with Gasteiger partial charge in [0.05, 0.1) is 11.5 Å². The van der Waals surface area contributed by atoms with Crippen molar-refractivity contribution < 1.29 is 24.5 Å². The first-order valence-corrected chi connectivity index (χ1v) is 5.93. The number of carboxylic acid groups (broad SMARTS) is 1. The molecule has 1 unspecified atom stereocenters.